The van der Waals surface area contributed by atoms with E-state index in [0.29, 0.717) is 31.3 Å². The molecule has 0 spiro atoms. The molecule has 0 saturated heterocycles. The molecule has 1 aliphatic rings. The SMILES string of the molecule is CC(C(=O)Nc1ccc(F)c(F)c1)N(C)Cc1ccc2c(c1)OCCO2. The second-order valence-electron chi connectivity index (χ2n) is 6.19. The van der Waals surface area contributed by atoms with E-state index in [4.69, 9.17) is 9.47 Å². The highest BCUT2D eigenvalue weighted by Gasteiger charge is 2.20. The minimum atomic E-state index is -1.000. The van der Waals surface area contributed by atoms with Gasteiger partial charge in [-0.15, -0.1) is 0 Å². The topological polar surface area (TPSA) is 50.8 Å². The van der Waals surface area contributed by atoms with Gasteiger partial charge in [0.2, 0.25) is 5.91 Å². The van der Waals surface area contributed by atoms with Crippen LogP contribution in [0.4, 0.5) is 14.5 Å². The molecule has 1 N–H and O–H groups in total. The van der Waals surface area contributed by atoms with Crippen LogP contribution in [-0.4, -0.2) is 37.1 Å². The summed E-state index contributed by atoms with van der Waals surface area (Å²) in [6, 6.07) is 8.45. The molecule has 0 bridgehead atoms. The quantitative estimate of drug-likeness (QED) is 0.888. The van der Waals surface area contributed by atoms with Crippen molar-refractivity contribution in [2.75, 3.05) is 25.6 Å². The number of benzene rings is 2. The van der Waals surface area contributed by atoms with Crippen LogP contribution in [0.3, 0.4) is 0 Å². The molecule has 1 atom stereocenters. The predicted octanol–water partition coefficient (Wildman–Crippen LogP) is 3.20. The molecule has 1 unspecified atom stereocenters. The second-order valence-corrected chi connectivity index (χ2v) is 6.19. The Morgan fingerprint density at radius 1 is 1.12 bits per heavy atom. The van der Waals surface area contributed by atoms with Gasteiger partial charge in [-0.25, -0.2) is 8.78 Å². The van der Waals surface area contributed by atoms with Gasteiger partial charge >= 0.3 is 0 Å². The van der Waals surface area contributed by atoms with Crippen molar-refractivity contribution < 1.29 is 23.0 Å². The molecule has 2 aromatic rings. The van der Waals surface area contributed by atoms with Crippen LogP contribution in [0.15, 0.2) is 36.4 Å². The molecule has 2 aromatic carbocycles. The first kappa shape index (κ1) is 18.1. The highest BCUT2D eigenvalue weighted by atomic mass is 19.2. The zero-order valence-corrected chi connectivity index (χ0v) is 14.6. The van der Waals surface area contributed by atoms with Crippen LogP contribution >= 0.6 is 0 Å². The fraction of sp³-hybridized carbons (Fsp3) is 0.316. The lowest BCUT2D eigenvalue weighted by Crippen LogP contribution is -2.39. The van der Waals surface area contributed by atoms with Crippen molar-refractivity contribution in [3.63, 3.8) is 0 Å². The molecular formula is C19H20F2N2O3. The van der Waals surface area contributed by atoms with E-state index < -0.39 is 17.7 Å². The summed E-state index contributed by atoms with van der Waals surface area (Å²) in [7, 11) is 1.81. The zero-order chi connectivity index (χ0) is 18.7. The third-order valence-electron chi connectivity index (χ3n) is 4.27. The van der Waals surface area contributed by atoms with Gasteiger partial charge in [0.1, 0.15) is 13.2 Å². The Hall–Kier alpha value is -2.67. The Morgan fingerprint density at radius 2 is 1.85 bits per heavy atom. The second kappa shape index (κ2) is 7.70. The number of halogens is 2. The first-order chi connectivity index (χ1) is 12.4. The fourth-order valence-corrected chi connectivity index (χ4v) is 2.63. The standard InChI is InChI=1S/C19H20F2N2O3/c1-12(19(24)22-14-4-5-15(20)16(21)10-14)23(2)11-13-3-6-17-18(9-13)26-8-7-25-17/h3-6,9-10,12H,7-8,11H2,1-2H3,(H,22,24). The molecule has 138 valence electrons. The van der Waals surface area contributed by atoms with Gasteiger partial charge in [0.25, 0.3) is 0 Å². The zero-order valence-electron chi connectivity index (χ0n) is 14.6. The molecule has 0 radical (unpaired) electrons. The van der Waals surface area contributed by atoms with E-state index >= 15 is 0 Å². The molecule has 7 heteroatoms. The number of nitrogens with zero attached hydrogens (tertiary/aromatic N) is 1. The number of rotatable bonds is 5. The highest BCUT2D eigenvalue weighted by Crippen LogP contribution is 2.31. The van der Waals surface area contributed by atoms with Crippen molar-refractivity contribution in [1.82, 2.24) is 4.90 Å². The number of amides is 1. The molecule has 5 nitrogen and oxygen atoms in total. The Labute approximate surface area is 150 Å². The summed E-state index contributed by atoms with van der Waals surface area (Å²) >= 11 is 0. The largest absolute Gasteiger partial charge is 0.486 e. The molecule has 1 heterocycles. The van der Waals surface area contributed by atoms with E-state index in [1.807, 2.05) is 30.1 Å². The number of hydrogen-bond acceptors (Lipinski definition) is 4. The maximum absolute atomic E-state index is 13.3. The number of likely N-dealkylation sites (N-methyl/N-ethyl adjacent to an activating group) is 1. The number of ether oxygens (including phenoxy) is 2. The summed E-state index contributed by atoms with van der Waals surface area (Å²) in [4.78, 5) is 14.2. The van der Waals surface area contributed by atoms with Crippen molar-refractivity contribution >= 4 is 11.6 Å². The van der Waals surface area contributed by atoms with Crippen molar-refractivity contribution in [3.8, 4) is 11.5 Å². The molecular weight excluding hydrogens is 342 g/mol. The van der Waals surface area contributed by atoms with Crippen molar-refractivity contribution in [2.45, 2.75) is 19.5 Å². The van der Waals surface area contributed by atoms with Crippen LogP contribution in [0.2, 0.25) is 0 Å². The number of anilines is 1. The first-order valence-corrected chi connectivity index (χ1v) is 8.28. The van der Waals surface area contributed by atoms with E-state index in [-0.39, 0.29) is 11.6 Å². The average Bonchev–Trinajstić information content (AvgIpc) is 2.64. The summed E-state index contributed by atoms with van der Waals surface area (Å²) in [5, 5.41) is 2.59. The maximum atomic E-state index is 13.3. The fourth-order valence-electron chi connectivity index (χ4n) is 2.63. The molecule has 0 aliphatic carbocycles. The summed E-state index contributed by atoms with van der Waals surface area (Å²) in [5.41, 5.74) is 1.19. The van der Waals surface area contributed by atoms with Gasteiger partial charge in [-0.05, 0) is 43.8 Å². The lowest BCUT2D eigenvalue weighted by molar-refractivity contribution is -0.120. The number of carbonyl (C=O) groups excluding carboxylic acids is 1. The molecule has 3 rings (SSSR count). The first-order valence-electron chi connectivity index (χ1n) is 8.28. The number of nitrogens with one attached hydrogen (secondary N) is 1. The third-order valence-corrected chi connectivity index (χ3v) is 4.27. The maximum Gasteiger partial charge on any atom is 0.241 e. The average molecular weight is 362 g/mol. The van der Waals surface area contributed by atoms with Crippen molar-refractivity contribution in [3.05, 3.63) is 53.6 Å². The van der Waals surface area contributed by atoms with E-state index in [2.05, 4.69) is 5.32 Å². The summed E-state index contributed by atoms with van der Waals surface area (Å²) in [5.74, 6) is -0.851. The minimum Gasteiger partial charge on any atom is -0.486 e. The smallest absolute Gasteiger partial charge is 0.241 e. The van der Waals surface area contributed by atoms with E-state index in [1.54, 1.807) is 6.92 Å². The van der Waals surface area contributed by atoms with E-state index in [1.165, 1.54) is 6.07 Å². The van der Waals surface area contributed by atoms with Crippen molar-refractivity contribution in [1.29, 1.82) is 0 Å². The summed E-state index contributed by atoms with van der Waals surface area (Å²) in [6.07, 6.45) is 0. The van der Waals surface area contributed by atoms with Gasteiger partial charge in [-0.2, -0.15) is 0 Å². The van der Waals surface area contributed by atoms with Gasteiger partial charge in [-0.1, -0.05) is 6.07 Å². The van der Waals surface area contributed by atoms with Crippen LogP contribution in [0.5, 0.6) is 11.5 Å². The monoisotopic (exact) mass is 362 g/mol. The van der Waals surface area contributed by atoms with Gasteiger partial charge in [0, 0.05) is 18.3 Å². The molecule has 26 heavy (non-hydrogen) atoms. The predicted molar refractivity (Wildman–Crippen MR) is 93.3 cm³/mol. The van der Waals surface area contributed by atoms with Gasteiger partial charge in [0.15, 0.2) is 23.1 Å². The highest BCUT2D eigenvalue weighted by molar-refractivity contribution is 5.94. The molecule has 1 amide bonds. The van der Waals surface area contributed by atoms with Crippen LogP contribution in [0.1, 0.15) is 12.5 Å². The van der Waals surface area contributed by atoms with Gasteiger partial charge < -0.3 is 14.8 Å². The Balaban J connectivity index is 1.62. The Kier molecular flexibility index (Phi) is 5.37. The molecule has 1 aliphatic heterocycles. The van der Waals surface area contributed by atoms with Gasteiger partial charge in [-0.3, -0.25) is 9.69 Å². The summed E-state index contributed by atoms with van der Waals surface area (Å²) < 4.78 is 37.3. The van der Waals surface area contributed by atoms with E-state index in [9.17, 15) is 13.6 Å². The van der Waals surface area contributed by atoms with Crippen LogP contribution in [-0.2, 0) is 11.3 Å². The normalized spacial score (nSPS) is 14.2. The number of hydrogen-bond donors (Lipinski definition) is 1. The van der Waals surface area contributed by atoms with Crippen LogP contribution < -0.4 is 14.8 Å². The minimum absolute atomic E-state index is 0.216. The van der Waals surface area contributed by atoms with Crippen LogP contribution in [0.25, 0.3) is 0 Å². The number of fused-ring (bicyclic) bond motifs is 1. The lowest BCUT2D eigenvalue weighted by atomic mass is 10.1. The molecule has 0 fully saturated rings. The Morgan fingerprint density at radius 3 is 2.58 bits per heavy atom. The van der Waals surface area contributed by atoms with Crippen molar-refractivity contribution in [2.24, 2.45) is 0 Å². The lowest BCUT2D eigenvalue weighted by Gasteiger charge is -2.25. The Bertz CT molecular complexity index is 813. The van der Waals surface area contributed by atoms with Crippen LogP contribution in [0, 0.1) is 11.6 Å². The summed E-state index contributed by atoms with van der Waals surface area (Å²) in [6.45, 7) is 3.31. The van der Waals surface area contributed by atoms with Gasteiger partial charge in [0.05, 0.1) is 6.04 Å². The molecule has 0 aromatic heterocycles. The number of carbonyl (C=O) groups is 1. The third kappa shape index (κ3) is 4.11. The van der Waals surface area contributed by atoms with E-state index in [0.717, 1.165) is 17.7 Å². The molecule has 0 saturated carbocycles.